The van der Waals surface area contributed by atoms with E-state index in [0.29, 0.717) is 22.7 Å². The van der Waals surface area contributed by atoms with Crippen molar-refractivity contribution in [3.8, 4) is 11.8 Å². The second kappa shape index (κ2) is 5.97. The van der Waals surface area contributed by atoms with Crippen molar-refractivity contribution in [2.45, 2.75) is 0 Å². The predicted octanol–water partition coefficient (Wildman–Crippen LogP) is 0.858. The smallest absolute Gasteiger partial charge is 0.327 e. The van der Waals surface area contributed by atoms with Crippen molar-refractivity contribution >= 4 is 17.0 Å². The summed E-state index contributed by atoms with van der Waals surface area (Å²) in [6, 6.07) is 9.60. The molecule has 4 rings (SSSR count). The van der Waals surface area contributed by atoms with Gasteiger partial charge in [-0.2, -0.15) is 9.97 Å². The highest BCUT2D eigenvalue weighted by molar-refractivity contribution is 5.84. The number of rotatable bonds is 3. The Labute approximate surface area is 138 Å². The van der Waals surface area contributed by atoms with E-state index in [1.54, 1.807) is 7.05 Å². The molecule has 1 fully saturated rings. The number of aryl methyl sites for hydroxylation is 1. The largest absolute Gasteiger partial charge is 0.424 e. The Hall–Kier alpha value is -2.87. The standard InChI is InChI=1S/C16H18N6O2/c1-21-13-12(18-16(21)23)14(22-9-7-17-8-10-22)20-15(19-13)24-11-5-3-2-4-6-11/h2-6,17H,7-10H2,1H3,(H,18,23). The highest BCUT2D eigenvalue weighted by atomic mass is 16.5. The van der Waals surface area contributed by atoms with Crippen molar-refractivity contribution in [3.63, 3.8) is 0 Å². The highest BCUT2D eigenvalue weighted by Gasteiger charge is 2.20. The SMILES string of the molecule is Cn1c(=O)[nH]c2c(N3CCNCC3)nc(Oc3ccccc3)nc21. The van der Waals surface area contributed by atoms with Gasteiger partial charge < -0.3 is 19.9 Å². The van der Waals surface area contributed by atoms with Crippen LogP contribution in [0.15, 0.2) is 35.1 Å². The maximum absolute atomic E-state index is 12.0. The first-order valence-corrected chi connectivity index (χ1v) is 7.88. The summed E-state index contributed by atoms with van der Waals surface area (Å²) in [5.74, 6) is 1.36. The third-order valence-electron chi connectivity index (χ3n) is 4.07. The molecule has 3 aromatic rings. The van der Waals surface area contributed by atoms with Crippen LogP contribution in [0, 0.1) is 0 Å². The Bertz CT molecular complexity index is 911. The van der Waals surface area contributed by atoms with Crippen molar-refractivity contribution in [1.82, 2.24) is 24.8 Å². The monoisotopic (exact) mass is 326 g/mol. The van der Waals surface area contributed by atoms with Crippen LogP contribution in [0.2, 0.25) is 0 Å². The van der Waals surface area contributed by atoms with Gasteiger partial charge in [0, 0.05) is 33.2 Å². The van der Waals surface area contributed by atoms with E-state index >= 15 is 0 Å². The number of H-pyrrole nitrogens is 1. The number of ether oxygens (including phenoxy) is 1. The first-order valence-electron chi connectivity index (χ1n) is 7.88. The van der Waals surface area contributed by atoms with Gasteiger partial charge in [-0.05, 0) is 12.1 Å². The molecule has 1 aromatic carbocycles. The topological polar surface area (TPSA) is 88.1 Å². The fourth-order valence-corrected chi connectivity index (χ4v) is 2.80. The molecule has 2 aromatic heterocycles. The van der Waals surface area contributed by atoms with Crippen LogP contribution in [0.4, 0.5) is 5.82 Å². The molecule has 24 heavy (non-hydrogen) atoms. The minimum Gasteiger partial charge on any atom is -0.424 e. The lowest BCUT2D eigenvalue weighted by Gasteiger charge is -2.28. The van der Waals surface area contributed by atoms with Gasteiger partial charge in [-0.1, -0.05) is 18.2 Å². The van der Waals surface area contributed by atoms with E-state index in [-0.39, 0.29) is 11.7 Å². The van der Waals surface area contributed by atoms with E-state index < -0.39 is 0 Å². The summed E-state index contributed by atoms with van der Waals surface area (Å²) < 4.78 is 7.26. The molecule has 0 bridgehead atoms. The van der Waals surface area contributed by atoms with Gasteiger partial charge in [0.2, 0.25) is 0 Å². The summed E-state index contributed by atoms with van der Waals surface area (Å²) in [4.78, 5) is 26.0. The number of imidazole rings is 1. The molecule has 0 saturated carbocycles. The highest BCUT2D eigenvalue weighted by Crippen LogP contribution is 2.26. The summed E-state index contributed by atoms with van der Waals surface area (Å²) >= 11 is 0. The number of nitrogens with zero attached hydrogens (tertiary/aromatic N) is 4. The molecule has 1 aliphatic heterocycles. The van der Waals surface area contributed by atoms with E-state index in [1.165, 1.54) is 4.57 Å². The Morgan fingerprint density at radius 3 is 2.62 bits per heavy atom. The van der Waals surface area contributed by atoms with E-state index in [0.717, 1.165) is 26.2 Å². The molecule has 0 atom stereocenters. The van der Waals surface area contributed by atoms with Gasteiger partial charge in [0.05, 0.1) is 0 Å². The van der Waals surface area contributed by atoms with Crippen molar-refractivity contribution in [1.29, 1.82) is 0 Å². The minimum atomic E-state index is -0.215. The Balaban J connectivity index is 1.82. The van der Waals surface area contributed by atoms with Crippen LogP contribution in [0.3, 0.4) is 0 Å². The normalized spacial score (nSPS) is 15.0. The summed E-state index contributed by atoms with van der Waals surface area (Å²) in [5.41, 5.74) is 0.965. The number of fused-ring (bicyclic) bond motifs is 1. The summed E-state index contributed by atoms with van der Waals surface area (Å²) in [7, 11) is 1.68. The van der Waals surface area contributed by atoms with Gasteiger partial charge in [0.25, 0.3) is 0 Å². The number of aromatic nitrogens is 4. The van der Waals surface area contributed by atoms with Crippen LogP contribution in [0.1, 0.15) is 0 Å². The fourth-order valence-electron chi connectivity index (χ4n) is 2.80. The molecule has 8 nitrogen and oxygen atoms in total. The Morgan fingerprint density at radius 1 is 1.12 bits per heavy atom. The lowest BCUT2D eigenvalue weighted by atomic mass is 10.3. The Morgan fingerprint density at radius 2 is 1.88 bits per heavy atom. The van der Waals surface area contributed by atoms with Crippen molar-refractivity contribution in [2.24, 2.45) is 7.05 Å². The fraction of sp³-hybridized carbons (Fsp3) is 0.312. The van der Waals surface area contributed by atoms with E-state index in [2.05, 4.69) is 25.2 Å². The molecule has 3 heterocycles. The molecule has 2 N–H and O–H groups in total. The van der Waals surface area contributed by atoms with Crippen LogP contribution >= 0.6 is 0 Å². The molecule has 0 unspecified atom stereocenters. The molecule has 1 aliphatic rings. The first kappa shape index (κ1) is 14.7. The van der Waals surface area contributed by atoms with E-state index in [9.17, 15) is 4.79 Å². The zero-order valence-electron chi connectivity index (χ0n) is 13.3. The van der Waals surface area contributed by atoms with Gasteiger partial charge in [-0.15, -0.1) is 0 Å². The van der Waals surface area contributed by atoms with Gasteiger partial charge in [0.1, 0.15) is 11.3 Å². The van der Waals surface area contributed by atoms with Crippen molar-refractivity contribution in [3.05, 3.63) is 40.8 Å². The maximum Gasteiger partial charge on any atom is 0.327 e. The number of para-hydroxylation sites is 1. The van der Waals surface area contributed by atoms with Crippen LogP contribution in [-0.2, 0) is 7.05 Å². The van der Waals surface area contributed by atoms with Gasteiger partial charge in [0.15, 0.2) is 11.5 Å². The predicted molar refractivity (Wildman–Crippen MR) is 90.7 cm³/mol. The van der Waals surface area contributed by atoms with Crippen LogP contribution in [0.25, 0.3) is 11.2 Å². The molecule has 0 aliphatic carbocycles. The maximum atomic E-state index is 12.0. The van der Waals surface area contributed by atoms with Crippen LogP contribution in [0.5, 0.6) is 11.8 Å². The number of aromatic amines is 1. The molecular formula is C16H18N6O2. The summed E-state index contributed by atoms with van der Waals surface area (Å²) in [5, 5.41) is 3.31. The average molecular weight is 326 g/mol. The second-order valence-electron chi connectivity index (χ2n) is 5.67. The lowest BCUT2D eigenvalue weighted by molar-refractivity contribution is 0.442. The molecule has 0 radical (unpaired) electrons. The molecule has 1 saturated heterocycles. The number of anilines is 1. The average Bonchev–Trinajstić information content (AvgIpc) is 2.91. The summed E-state index contributed by atoms with van der Waals surface area (Å²) in [6.07, 6.45) is 0. The zero-order valence-corrected chi connectivity index (χ0v) is 13.3. The van der Waals surface area contributed by atoms with Gasteiger partial charge >= 0.3 is 11.7 Å². The third kappa shape index (κ3) is 2.61. The minimum absolute atomic E-state index is 0.215. The first-order chi connectivity index (χ1) is 11.7. The van der Waals surface area contributed by atoms with Crippen molar-refractivity contribution < 1.29 is 4.74 Å². The van der Waals surface area contributed by atoms with Crippen LogP contribution < -0.4 is 20.6 Å². The van der Waals surface area contributed by atoms with Gasteiger partial charge in [-0.25, -0.2) is 4.79 Å². The quantitative estimate of drug-likeness (QED) is 0.742. The Kier molecular flexibility index (Phi) is 3.66. The van der Waals surface area contributed by atoms with Crippen LogP contribution in [-0.4, -0.2) is 45.7 Å². The summed E-state index contributed by atoms with van der Waals surface area (Å²) in [6.45, 7) is 3.37. The molecular weight excluding hydrogens is 308 g/mol. The van der Waals surface area contributed by atoms with E-state index in [1.807, 2.05) is 30.3 Å². The molecule has 0 spiro atoms. The number of piperazine rings is 1. The molecule has 0 amide bonds. The lowest BCUT2D eigenvalue weighted by Crippen LogP contribution is -2.44. The molecule has 8 heteroatoms. The number of hydrogen-bond donors (Lipinski definition) is 2. The van der Waals surface area contributed by atoms with E-state index in [4.69, 9.17) is 4.74 Å². The zero-order chi connectivity index (χ0) is 16.5. The number of nitrogens with one attached hydrogen (secondary N) is 2. The van der Waals surface area contributed by atoms with Gasteiger partial charge in [-0.3, -0.25) is 4.57 Å². The van der Waals surface area contributed by atoms with Crippen molar-refractivity contribution in [2.75, 3.05) is 31.1 Å². The second-order valence-corrected chi connectivity index (χ2v) is 5.67. The number of benzene rings is 1. The third-order valence-corrected chi connectivity index (χ3v) is 4.07. The number of hydrogen-bond acceptors (Lipinski definition) is 6. The molecule has 124 valence electrons.